The molecular weight excluding hydrogens is 476 g/mol. The number of nitrogens with one attached hydrogen (secondary N) is 1. The van der Waals surface area contributed by atoms with E-state index in [9.17, 15) is 19.2 Å². The first-order valence-corrected chi connectivity index (χ1v) is 11.5. The minimum absolute atomic E-state index is 0.144. The number of imide groups is 1. The number of ether oxygens (including phenoxy) is 3. The van der Waals surface area contributed by atoms with Gasteiger partial charge in [0.1, 0.15) is 12.3 Å². The summed E-state index contributed by atoms with van der Waals surface area (Å²) < 4.78 is 16.1. The number of anilines is 1. The van der Waals surface area contributed by atoms with Crippen LogP contribution in [0, 0.1) is 0 Å². The lowest BCUT2D eigenvalue weighted by molar-refractivity contribution is -0.139. The van der Waals surface area contributed by atoms with Crippen LogP contribution in [0.15, 0.2) is 47.4 Å². The quantitative estimate of drug-likeness (QED) is 0.444. The zero-order chi connectivity index (χ0) is 25.4. The van der Waals surface area contributed by atoms with E-state index in [0.29, 0.717) is 36.0 Å². The molecule has 0 aromatic heterocycles. The summed E-state index contributed by atoms with van der Waals surface area (Å²) in [6, 6.07) is 11.4. The van der Waals surface area contributed by atoms with E-state index in [-0.39, 0.29) is 10.7 Å². The molecule has 11 heteroatoms. The van der Waals surface area contributed by atoms with Crippen molar-refractivity contribution in [2.75, 3.05) is 31.7 Å². The molecule has 10 nitrogen and oxygen atoms in total. The van der Waals surface area contributed by atoms with Crippen molar-refractivity contribution in [1.82, 2.24) is 4.90 Å². The van der Waals surface area contributed by atoms with Crippen molar-refractivity contribution in [1.29, 1.82) is 0 Å². The van der Waals surface area contributed by atoms with Crippen molar-refractivity contribution < 1.29 is 38.5 Å². The molecule has 0 aliphatic carbocycles. The number of carboxylic acid groups (broad SMARTS) is 1. The number of aliphatic carboxylic acids is 1. The van der Waals surface area contributed by atoms with Gasteiger partial charge in [-0.2, -0.15) is 0 Å². The van der Waals surface area contributed by atoms with Crippen molar-refractivity contribution in [3.8, 4) is 17.2 Å². The number of nitrogens with zero attached hydrogens (tertiary/aromatic N) is 1. The Bertz CT molecular complexity index is 1150. The summed E-state index contributed by atoms with van der Waals surface area (Å²) in [6.45, 7) is 3.50. The van der Waals surface area contributed by atoms with Crippen LogP contribution in [0.2, 0.25) is 0 Å². The van der Waals surface area contributed by atoms with E-state index in [4.69, 9.17) is 19.3 Å². The Morgan fingerprint density at radius 2 is 1.71 bits per heavy atom. The lowest BCUT2D eigenvalue weighted by Gasteiger charge is -2.13. The number of carboxylic acids is 1. The van der Waals surface area contributed by atoms with Crippen molar-refractivity contribution in [2.45, 2.75) is 13.8 Å². The fourth-order valence-corrected chi connectivity index (χ4v) is 3.91. The average Bonchev–Trinajstić information content (AvgIpc) is 3.07. The maximum atomic E-state index is 12.8. The normalized spacial score (nSPS) is 14.2. The number of carbonyl (C=O) groups is 4. The van der Waals surface area contributed by atoms with Crippen LogP contribution < -0.4 is 19.5 Å². The van der Waals surface area contributed by atoms with Crippen LogP contribution in [0.3, 0.4) is 0 Å². The first kappa shape index (κ1) is 25.6. The Kier molecular flexibility index (Phi) is 8.74. The molecule has 3 rings (SSSR count). The third-order valence-electron chi connectivity index (χ3n) is 4.54. The molecule has 35 heavy (non-hydrogen) atoms. The summed E-state index contributed by atoms with van der Waals surface area (Å²) in [7, 11) is 0. The van der Waals surface area contributed by atoms with Crippen LogP contribution >= 0.6 is 11.8 Å². The lowest BCUT2D eigenvalue weighted by atomic mass is 10.2. The lowest BCUT2D eigenvalue weighted by Crippen LogP contribution is -2.36. The van der Waals surface area contributed by atoms with Gasteiger partial charge in [0.2, 0.25) is 5.91 Å². The van der Waals surface area contributed by atoms with E-state index in [1.807, 2.05) is 6.92 Å². The molecule has 1 heterocycles. The second kappa shape index (κ2) is 11.9. The molecule has 2 aromatic carbocycles. The molecule has 2 N–H and O–H groups in total. The molecule has 3 amide bonds. The largest absolute Gasteiger partial charge is 0.494 e. The van der Waals surface area contributed by atoms with Crippen LogP contribution in [-0.2, 0) is 14.4 Å². The molecule has 184 valence electrons. The molecule has 1 fully saturated rings. The van der Waals surface area contributed by atoms with Crippen molar-refractivity contribution in [3.05, 3.63) is 52.9 Å². The van der Waals surface area contributed by atoms with Crippen LogP contribution in [0.5, 0.6) is 17.2 Å². The Labute approximate surface area is 205 Å². The van der Waals surface area contributed by atoms with Gasteiger partial charge < -0.3 is 24.6 Å². The van der Waals surface area contributed by atoms with Gasteiger partial charge in [-0.25, -0.2) is 4.79 Å². The number of hydrogen-bond acceptors (Lipinski definition) is 8. The molecule has 1 saturated heterocycles. The highest BCUT2D eigenvalue weighted by molar-refractivity contribution is 8.18. The zero-order valence-electron chi connectivity index (χ0n) is 19.1. The highest BCUT2D eigenvalue weighted by atomic mass is 32.2. The van der Waals surface area contributed by atoms with E-state index in [1.54, 1.807) is 43.3 Å². The molecule has 0 bridgehead atoms. The Balaban J connectivity index is 1.68. The van der Waals surface area contributed by atoms with E-state index in [2.05, 4.69) is 5.32 Å². The molecule has 2 aromatic rings. The van der Waals surface area contributed by atoms with Crippen LogP contribution in [-0.4, -0.2) is 59.4 Å². The van der Waals surface area contributed by atoms with Gasteiger partial charge in [0.05, 0.1) is 18.1 Å². The minimum atomic E-state index is -1.13. The van der Waals surface area contributed by atoms with Crippen LogP contribution in [0.25, 0.3) is 6.08 Å². The van der Waals surface area contributed by atoms with Gasteiger partial charge >= 0.3 is 5.97 Å². The predicted octanol–water partition coefficient (Wildman–Crippen LogP) is 3.62. The Morgan fingerprint density at radius 1 is 1.00 bits per heavy atom. The summed E-state index contributed by atoms with van der Waals surface area (Å²) >= 11 is 0.722. The molecule has 0 radical (unpaired) electrons. The van der Waals surface area contributed by atoms with Crippen molar-refractivity contribution >= 4 is 46.5 Å². The SMILES string of the molecule is CCOc1ccc(NC(=O)CN2C(=O)S/C(=C/c3ccc(OCC(=O)O)c(OCC)c3)C2=O)cc1. The number of thioether (sulfide) groups is 1. The summed E-state index contributed by atoms with van der Waals surface area (Å²) in [6.07, 6.45) is 1.50. The Morgan fingerprint density at radius 3 is 2.37 bits per heavy atom. The van der Waals surface area contributed by atoms with Crippen molar-refractivity contribution in [3.63, 3.8) is 0 Å². The average molecular weight is 501 g/mol. The second-order valence-corrected chi connectivity index (χ2v) is 8.09. The Hall–Kier alpha value is -3.99. The molecule has 0 spiro atoms. The summed E-state index contributed by atoms with van der Waals surface area (Å²) in [5, 5.41) is 10.9. The molecule has 1 aliphatic heterocycles. The zero-order valence-corrected chi connectivity index (χ0v) is 19.9. The summed E-state index contributed by atoms with van der Waals surface area (Å²) in [5.41, 5.74) is 1.05. The first-order valence-electron chi connectivity index (χ1n) is 10.7. The second-order valence-electron chi connectivity index (χ2n) is 7.10. The smallest absolute Gasteiger partial charge is 0.341 e. The molecule has 0 atom stereocenters. The standard InChI is InChI=1S/C24H24N2O8S/c1-3-32-17-8-6-16(7-9-17)25-21(27)13-26-23(30)20(35-24(26)31)12-15-5-10-18(34-14-22(28)29)19(11-15)33-4-2/h5-12H,3-4,13-14H2,1-2H3,(H,25,27)(H,28,29)/b20-12+. The van der Waals surface area contributed by atoms with Crippen molar-refractivity contribution in [2.24, 2.45) is 0 Å². The number of rotatable bonds is 11. The van der Waals surface area contributed by atoms with Gasteiger partial charge in [-0.15, -0.1) is 0 Å². The third-order valence-corrected chi connectivity index (χ3v) is 5.45. The monoisotopic (exact) mass is 500 g/mol. The third kappa shape index (κ3) is 7.00. The fourth-order valence-electron chi connectivity index (χ4n) is 3.07. The minimum Gasteiger partial charge on any atom is -0.494 e. The molecule has 0 saturated carbocycles. The van der Waals surface area contributed by atoms with Crippen LogP contribution in [0.1, 0.15) is 19.4 Å². The maximum Gasteiger partial charge on any atom is 0.341 e. The fraction of sp³-hybridized carbons (Fsp3) is 0.250. The molecular formula is C24H24N2O8S. The topological polar surface area (TPSA) is 131 Å². The predicted molar refractivity (Wildman–Crippen MR) is 130 cm³/mol. The van der Waals surface area contributed by atoms with E-state index in [1.165, 1.54) is 12.1 Å². The van der Waals surface area contributed by atoms with E-state index < -0.39 is 36.2 Å². The van der Waals surface area contributed by atoms with Gasteiger partial charge in [0.25, 0.3) is 11.1 Å². The first-order chi connectivity index (χ1) is 16.8. The van der Waals surface area contributed by atoms with Gasteiger partial charge in [0, 0.05) is 5.69 Å². The van der Waals surface area contributed by atoms with Gasteiger partial charge in [-0.1, -0.05) is 6.07 Å². The molecule has 1 aliphatic rings. The summed E-state index contributed by atoms with van der Waals surface area (Å²) in [5.74, 6) is -1.03. The van der Waals surface area contributed by atoms with Crippen LogP contribution in [0.4, 0.5) is 10.5 Å². The van der Waals surface area contributed by atoms with Gasteiger partial charge in [0.15, 0.2) is 18.1 Å². The van der Waals surface area contributed by atoms with Gasteiger partial charge in [-0.05, 0) is 73.6 Å². The summed E-state index contributed by atoms with van der Waals surface area (Å²) in [4.78, 5) is 49.4. The number of benzene rings is 2. The van der Waals surface area contributed by atoms with E-state index in [0.717, 1.165) is 16.7 Å². The molecule has 0 unspecified atom stereocenters. The van der Waals surface area contributed by atoms with E-state index >= 15 is 0 Å². The number of carbonyl (C=O) groups excluding carboxylic acids is 3. The maximum absolute atomic E-state index is 12.8. The highest BCUT2D eigenvalue weighted by Gasteiger charge is 2.36. The number of hydrogen-bond donors (Lipinski definition) is 2. The highest BCUT2D eigenvalue weighted by Crippen LogP contribution is 2.34. The van der Waals surface area contributed by atoms with Gasteiger partial charge in [-0.3, -0.25) is 19.3 Å². The number of amides is 3.